The van der Waals surface area contributed by atoms with Gasteiger partial charge in [0.15, 0.2) is 0 Å². The van der Waals surface area contributed by atoms with E-state index < -0.39 is 0 Å². The van der Waals surface area contributed by atoms with Crippen LogP contribution in [0.15, 0.2) is 42.9 Å². The summed E-state index contributed by atoms with van der Waals surface area (Å²) in [6.07, 6.45) is 5.11. The van der Waals surface area contributed by atoms with Gasteiger partial charge in [0.25, 0.3) is 5.91 Å². The van der Waals surface area contributed by atoms with Gasteiger partial charge in [-0.1, -0.05) is 6.07 Å². The van der Waals surface area contributed by atoms with Crippen LogP contribution in [0.3, 0.4) is 0 Å². The number of aromatic nitrogens is 3. The number of hydrogen-bond donors (Lipinski definition) is 1. The lowest BCUT2D eigenvalue weighted by molar-refractivity contribution is 0.0620. The number of nitrogens with zero attached hydrogens (tertiary/aromatic N) is 4. The highest BCUT2D eigenvalue weighted by molar-refractivity contribution is 5.96. The zero-order valence-electron chi connectivity index (χ0n) is 13.7. The van der Waals surface area contributed by atoms with Gasteiger partial charge in [0.1, 0.15) is 17.3 Å². The van der Waals surface area contributed by atoms with Crippen molar-refractivity contribution in [3.8, 4) is 0 Å². The Labute approximate surface area is 144 Å². The number of piperazine rings is 1. The summed E-state index contributed by atoms with van der Waals surface area (Å²) >= 11 is 0. The van der Waals surface area contributed by atoms with E-state index in [1.165, 1.54) is 12.1 Å². The molecule has 128 valence electrons. The van der Waals surface area contributed by atoms with Crippen LogP contribution < -0.4 is 0 Å². The number of halogens is 1. The predicted molar refractivity (Wildman–Crippen MR) is 91.5 cm³/mol. The number of imidazole rings is 1. The standard InChI is InChI=1S/C18H18FN5O/c19-15-2-1-13-10-16(22-11-14(13)9-15)18(25)24-7-5-23(6-8-24)12-17-20-3-4-21-17/h1-4,9-11H,5-8,12H2,(H,20,21). The van der Waals surface area contributed by atoms with E-state index in [2.05, 4.69) is 19.9 Å². The maximum absolute atomic E-state index is 13.2. The van der Waals surface area contributed by atoms with E-state index in [1.54, 1.807) is 24.5 Å². The van der Waals surface area contributed by atoms with Crippen LogP contribution in [0.2, 0.25) is 0 Å². The number of fused-ring (bicyclic) bond motifs is 1. The molecule has 0 atom stereocenters. The monoisotopic (exact) mass is 339 g/mol. The fourth-order valence-electron chi connectivity index (χ4n) is 3.10. The third kappa shape index (κ3) is 3.36. The first-order chi connectivity index (χ1) is 12.2. The van der Waals surface area contributed by atoms with Gasteiger partial charge in [-0.2, -0.15) is 0 Å². The van der Waals surface area contributed by atoms with E-state index in [1.807, 2.05) is 11.1 Å². The molecule has 0 spiro atoms. The molecule has 1 amide bonds. The normalized spacial score (nSPS) is 15.6. The summed E-state index contributed by atoms with van der Waals surface area (Å²) in [6.45, 7) is 3.66. The summed E-state index contributed by atoms with van der Waals surface area (Å²) in [7, 11) is 0. The van der Waals surface area contributed by atoms with Gasteiger partial charge in [0.05, 0.1) is 6.54 Å². The summed E-state index contributed by atoms with van der Waals surface area (Å²) in [6, 6.07) is 6.21. The van der Waals surface area contributed by atoms with Gasteiger partial charge in [-0.3, -0.25) is 14.7 Å². The molecule has 0 saturated carbocycles. The molecule has 1 aliphatic rings. The van der Waals surface area contributed by atoms with E-state index in [-0.39, 0.29) is 11.7 Å². The first kappa shape index (κ1) is 15.7. The highest BCUT2D eigenvalue weighted by Gasteiger charge is 2.23. The molecule has 0 unspecified atom stereocenters. The molecule has 1 N–H and O–H groups in total. The van der Waals surface area contributed by atoms with Gasteiger partial charge >= 0.3 is 0 Å². The third-order valence-electron chi connectivity index (χ3n) is 4.49. The highest BCUT2D eigenvalue weighted by Crippen LogP contribution is 2.17. The molecule has 4 rings (SSSR count). The summed E-state index contributed by atoms with van der Waals surface area (Å²) in [5, 5.41) is 1.51. The zero-order chi connectivity index (χ0) is 17.2. The topological polar surface area (TPSA) is 65.1 Å². The largest absolute Gasteiger partial charge is 0.348 e. The molecule has 0 bridgehead atoms. The van der Waals surface area contributed by atoms with Crippen LogP contribution >= 0.6 is 0 Å². The van der Waals surface area contributed by atoms with Crippen LogP contribution in [0.4, 0.5) is 4.39 Å². The van der Waals surface area contributed by atoms with Crippen molar-refractivity contribution in [1.82, 2.24) is 24.8 Å². The van der Waals surface area contributed by atoms with Crippen LogP contribution in [0.25, 0.3) is 10.8 Å². The number of aromatic amines is 1. The van der Waals surface area contributed by atoms with Crippen molar-refractivity contribution < 1.29 is 9.18 Å². The Morgan fingerprint density at radius 2 is 1.96 bits per heavy atom. The SMILES string of the molecule is O=C(c1cc2ccc(F)cc2cn1)N1CCN(Cc2ncc[nH]2)CC1. The van der Waals surface area contributed by atoms with E-state index in [9.17, 15) is 9.18 Å². The quantitative estimate of drug-likeness (QED) is 0.793. The number of hydrogen-bond acceptors (Lipinski definition) is 4. The molecule has 0 radical (unpaired) electrons. The number of rotatable bonds is 3. The Morgan fingerprint density at radius 3 is 2.72 bits per heavy atom. The fraction of sp³-hybridized carbons (Fsp3) is 0.278. The lowest BCUT2D eigenvalue weighted by atomic mass is 10.1. The third-order valence-corrected chi connectivity index (χ3v) is 4.49. The molecule has 3 heterocycles. The second kappa shape index (κ2) is 6.60. The molecule has 1 aromatic carbocycles. The number of carbonyl (C=O) groups is 1. The fourth-order valence-corrected chi connectivity index (χ4v) is 3.10. The molecular formula is C18H18FN5O. The first-order valence-electron chi connectivity index (χ1n) is 8.24. The van der Waals surface area contributed by atoms with Crippen LogP contribution in [-0.4, -0.2) is 56.8 Å². The number of H-pyrrole nitrogens is 1. The Kier molecular flexibility index (Phi) is 4.15. The van der Waals surface area contributed by atoms with Gasteiger partial charge in [-0.15, -0.1) is 0 Å². The molecule has 1 aliphatic heterocycles. The van der Waals surface area contributed by atoms with E-state index in [0.717, 1.165) is 30.8 Å². The maximum Gasteiger partial charge on any atom is 0.272 e. The summed E-state index contributed by atoms with van der Waals surface area (Å²) in [4.78, 5) is 28.3. The summed E-state index contributed by atoms with van der Waals surface area (Å²) in [5.74, 6) is 0.549. The number of nitrogens with one attached hydrogen (secondary N) is 1. The maximum atomic E-state index is 13.2. The average molecular weight is 339 g/mol. The Morgan fingerprint density at radius 1 is 1.12 bits per heavy atom. The number of amides is 1. The Balaban J connectivity index is 1.42. The Bertz CT molecular complexity index is 888. The summed E-state index contributed by atoms with van der Waals surface area (Å²) in [5.41, 5.74) is 0.401. The van der Waals surface area contributed by atoms with Crippen molar-refractivity contribution in [2.24, 2.45) is 0 Å². The van der Waals surface area contributed by atoms with E-state index >= 15 is 0 Å². The minimum absolute atomic E-state index is 0.0797. The molecule has 1 fully saturated rings. The molecule has 0 aliphatic carbocycles. The predicted octanol–water partition coefficient (Wildman–Crippen LogP) is 2.05. The lowest BCUT2D eigenvalue weighted by Crippen LogP contribution is -2.48. The smallest absolute Gasteiger partial charge is 0.272 e. The second-order valence-electron chi connectivity index (χ2n) is 6.17. The van der Waals surface area contributed by atoms with Gasteiger partial charge < -0.3 is 9.88 Å². The Hall–Kier alpha value is -2.80. The van der Waals surface area contributed by atoms with Crippen LogP contribution in [-0.2, 0) is 6.54 Å². The van der Waals surface area contributed by atoms with Gasteiger partial charge in [0, 0.05) is 50.2 Å². The number of benzene rings is 1. The van der Waals surface area contributed by atoms with Crippen molar-refractivity contribution in [3.05, 3.63) is 60.2 Å². The first-order valence-corrected chi connectivity index (χ1v) is 8.24. The van der Waals surface area contributed by atoms with Crippen LogP contribution in [0, 0.1) is 5.82 Å². The second-order valence-corrected chi connectivity index (χ2v) is 6.17. The molecule has 6 nitrogen and oxygen atoms in total. The van der Waals surface area contributed by atoms with Crippen molar-refractivity contribution in [2.75, 3.05) is 26.2 Å². The van der Waals surface area contributed by atoms with Gasteiger partial charge in [-0.05, 0) is 23.6 Å². The minimum Gasteiger partial charge on any atom is -0.348 e. The summed E-state index contributed by atoms with van der Waals surface area (Å²) < 4.78 is 13.2. The van der Waals surface area contributed by atoms with E-state index in [0.29, 0.717) is 24.2 Å². The van der Waals surface area contributed by atoms with Crippen molar-refractivity contribution >= 4 is 16.7 Å². The zero-order valence-corrected chi connectivity index (χ0v) is 13.7. The van der Waals surface area contributed by atoms with Crippen molar-refractivity contribution in [2.45, 2.75) is 6.54 Å². The minimum atomic E-state index is -0.305. The molecular weight excluding hydrogens is 321 g/mol. The average Bonchev–Trinajstić information content (AvgIpc) is 3.14. The van der Waals surface area contributed by atoms with Crippen molar-refractivity contribution in [3.63, 3.8) is 0 Å². The lowest BCUT2D eigenvalue weighted by Gasteiger charge is -2.34. The molecule has 3 aromatic rings. The van der Waals surface area contributed by atoms with Gasteiger partial charge in [-0.25, -0.2) is 9.37 Å². The molecule has 25 heavy (non-hydrogen) atoms. The van der Waals surface area contributed by atoms with Crippen LogP contribution in [0.5, 0.6) is 0 Å². The molecule has 2 aromatic heterocycles. The number of pyridine rings is 1. The highest BCUT2D eigenvalue weighted by atomic mass is 19.1. The van der Waals surface area contributed by atoms with E-state index in [4.69, 9.17) is 0 Å². The van der Waals surface area contributed by atoms with Crippen LogP contribution in [0.1, 0.15) is 16.3 Å². The molecule has 1 saturated heterocycles. The number of carbonyl (C=O) groups excluding carboxylic acids is 1. The van der Waals surface area contributed by atoms with Crippen molar-refractivity contribution in [1.29, 1.82) is 0 Å². The molecule has 7 heteroatoms. The van der Waals surface area contributed by atoms with Gasteiger partial charge in [0.2, 0.25) is 0 Å².